The van der Waals surface area contributed by atoms with Crippen LogP contribution < -0.4 is 11.1 Å². The fourth-order valence-corrected chi connectivity index (χ4v) is 2.29. The van der Waals surface area contributed by atoms with Gasteiger partial charge < -0.3 is 21.1 Å². The average molecular weight is 271 g/mol. The van der Waals surface area contributed by atoms with E-state index in [0.29, 0.717) is 0 Å². The van der Waals surface area contributed by atoms with E-state index in [0.717, 1.165) is 25.7 Å². The zero-order chi connectivity index (χ0) is 14.4. The average Bonchev–Trinajstić information content (AvgIpc) is 2.37. The molecule has 0 unspecified atom stereocenters. The summed E-state index contributed by atoms with van der Waals surface area (Å²) in [7, 11) is 1.65. The molecule has 3 amide bonds. The first kappa shape index (κ1) is 15.3. The molecule has 0 aromatic rings. The minimum absolute atomic E-state index is 0.136. The van der Waals surface area contributed by atoms with Crippen molar-refractivity contribution in [2.24, 2.45) is 5.73 Å². The van der Waals surface area contributed by atoms with Gasteiger partial charge in [-0.05, 0) is 12.8 Å². The minimum atomic E-state index is -1.27. The molecule has 1 fully saturated rings. The summed E-state index contributed by atoms with van der Waals surface area (Å²) in [5.41, 5.74) is 4.96. The summed E-state index contributed by atoms with van der Waals surface area (Å²) in [5.74, 6) is -2.02. The van der Waals surface area contributed by atoms with Crippen molar-refractivity contribution in [3.8, 4) is 0 Å². The quantitative estimate of drug-likeness (QED) is 0.667. The molecule has 19 heavy (non-hydrogen) atoms. The SMILES string of the molecule is CN(C(=O)N[C@H](CC(N)=O)C(=O)O)C1CCCCC1. The molecular formula is C12H21N3O4. The summed E-state index contributed by atoms with van der Waals surface area (Å²) in [4.78, 5) is 35.2. The number of hydrogen-bond donors (Lipinski definition) is 3. The van der Waals surface area contributed by atoms with Gasteiger partial charge in [0.05, 0.1) is 6.42 Å². The van der Waals surface area contributed by atoms with E-state index >= 15 is 0 Å². The zero-order valence-corrected chi connectivity index (χ0v) is 11.1. The van der Waals surface area contributed by atoms with Crippen LogP contribution in [0, 0.1) is 0 Å². The summed E-state index contributed by atoms with van der Waals surface area (Å²) in [5, 5.41) is 11.3. The number of nitrogens with zero attached hydrogens (tertiary/aromatic N) is 1. The van der Waals surface area contributed by atoms with Crippen molar-refractivity contribution in [1.82, 2.24) is 10.2 Å². The van der Waals surface area contributed by atoms with Crippen LogP contribution in [0.3, 0.4) is 0 Å². The molecule has 0 heterocycles. The molecule has 0 radical (unpaired) electrons. The third-order valence-corrected chi connectivity index (χ3v) is 3.44. The minimum Gasteiger partial charge on any atom is -0.480 e. The topological polar surface area (TPSA) is 113 Å². The van der Waals surface area contributed by atoms with Gasteiger partial charge in [0.15, 0.2) is 0 Å². The van der Waals surface area contributed by atoms with Gasteiger partial charge in [0.1, 0.15) is 6.04 Å². The van der Waals surface area contributed by atoms with Gasteiger partial charge in [-0.3, -0.25) is 4.79 Å². The predicted molar refractivity (Wildman–Crippen MR) is 68.4 cm³/mol. The molecule has 1 aliphatic rings. The molecule has 7 heteroatoms. The summed E-state index contributed by atoms with van der Waals surface area (Å²) >= 11 is 0. The fourth-order valence-electron chi connectivity index (χ4n) is 2.29. The van der Waals surface area contributed by atoms with E-state index < -0.39 is 30.4 Å². The summed E-state index contributed by atoms with van der Waals surface area (Å²) in [6.45, 7) is 0. The Labute approximate surface area is 112 Å². The molecule has 7 nitrogen and oxygen atoms in total. The highest BCUT2D eigenvalue weighted by Crippen LogP contribution is 2.21. The van der Waals surface area contributed by atoms with E-state index in [4.69, 9.17) is 10.8 Å². The Morgan fingerprint density at radius 1 is 1.32 bits per heavy atom. The number of hydrogen-bond acceptors (Lipinski definition) is 3. The van der Waals surface area contributed by atoms with Crippen LogP contribution in [0.4, 0.5) is 4.79 Å². The lowest BCUT2D eigenvalue weighted by Crippen LogP contribution is -2.51. The smallest absolute Gasteiger partial charge is 0.326 e. The number of carbonyl (C=O) groups excluding carboxylic acids is 2. The number of carbonyl (C=O) groups is 3. The molecule has 0 aromatic carbocycles. The van der Waals surface area contributed by atoms with Crippen molar-refractivity contribution in [3.63, 3.8) is 0 Å². The van der Waals surface area contributed by atoms with Gasteiger partial charge in [0, 0.05) is 13.1 Å². The molecule has 1 saturated carbocycles. The first-order chi connectivity index (χ1) is 8.91. The Hall–Kier alpha value is -1.79. The maximum atomic E-state index is 11.9. The van der Waals surface area contributed by atoms with Crippen LogP contribution >= 0.6 is 0 Å². The Morgan fingerprint density at radius 3 is 2.37 bits per heavy atom. The first-order valence-electron chi connectivity index (χ1n) is 6.46. The van der Waals surface area contributed by atoms with Crippen molar-refractivity contribution in [2.75, 3.05) is 7.05 Å². The van der Waals surface area contributed by atoms with Crippen LogP contribution in [-0.2, 0) is 9.59 Å². The van der Waals surface area contributed by atoms with Crippen LogP contribution in [0.2, 0.25) is 0 Å². The van der Waals surface area contributed by atoms with Gasteiger partial charge in [-0.15, -0.1) is 0 Å². The molecule has 0 spiro atoms. The van der Waals surface area contributed by atoms with Crippen molar-refractivity contribution in [2.45, 2.75) is 50.6 Å². The highest BCUT2D eigenvalue weighted by molar-refractivity contribution is 5.87. The van der Waals surface area contributed by atoms with Crippen LogP contribution in [0.25, 0.3) is 0 Å². The second kappa shape index (κ2) is 6.96. The van der Waals surface area contributed by atoms with Gasteiger partial charge in [0.2, 0.25) is 5.91 Å². The van der Waals surface area contributed by atoms with Crippen LogP contribution in [0.5, 0.6) is 0 Å². The summed E-state index contributed by atoms with van der Waals surface area (Å²) < 4.78 is 0. The van der Waals surface area contributed by atoms with E-state index in [1.165, 1.54) is 11.3 Å². The molecule has 4 N–H and O–H groups in total. The molecule has 1 rings (SSSR count). The summed E-state index contributed by atoms with van der Waals surface area (Å²) in [6.07, 6.45) is 4.78. The lowest BCUT2D eigenvalue weighted by molar-refractivity contribution is -0.141. The van der Waals surface area contributed by atoms with Crippen molar-refractivity contribution >= 4 is 17.9 Å². The zero-order valence-electron chi connectivity index (χ0n) is 11.1. The van der Waals surface area contributed by atoms with Gasteiger partial charge >= 0.3 is 12.0 Å². The number of rotatable bonds is 5. The second-order valence-electron chi connectivity index (χ2n) is 4.91. The largest absolute Gasteiger partial charge is 0.480 e. The highest BCUT2D eigenvalue weighted by atomic mass is 16.4. The number of aliphatic carboxylic acids is 1. The van der Waals surface area contributed by atoms with E-state index in [9.17, 15) is 14.4 Å². The number of carboxylic acid groups (broad SMARTS) is 1. The standard InChI is InChI=1S/C12H21N3O4/c1-15(8-5-3-2-4-6-8)12(19)14-9(11(17)18)7-10(13)16/h8-9H,2-7H2,1H3,(H2,13,16)(H,14,19)(H,17,18)/t9-/m1/s1. The Morgan fingerprint density at radius 2 is 1.89 bits per heavy atom. The highest BCUT2D eigenvalue weighted by Gasteiger charge is 2.27. The number of amides is 3. The molecule has 1 atom stereocenters. The molecule has 0 aliphatic heterocycles. The lowest BCUT2D eigenvalue weighted by atomic mass is 9.95. The third-order valence-electron chi connectivity index (χ3n) is 3.44. The van der Waals surface area contributed by atoms with E-state index in [2.05, 4.69) is 5.32 Å². The van der Waals surface area contributed by atoms with Crippen LogP contribution in [-0.4, -0.2) is 47.0 Å². The fraction of sp³-hybridized carbons (Fsp3) is 0.750. The number of nitrogens with two attached hydrogens (primary N) is 1. The van der Waals surface area contributed by atoms with E-state index in [-0.39, 0.29) is 6.04 Å². The first-order valence-corrected chi connectivity index (χ1v) is 6.46. The van der Waals surface area contributed by atoms with Crippen molar-refractivity contribution in [1.29, 1.82) is 0 Å². The molecule has 0 saturated heterocycles. The van der Waals surface area contributed by atoms with Crippen molar-refractivity contribution < 1.29 is 19.5 Å². The van der Waals surface area contributed by atoms with Gasteiger partial charge in [0.25, 0.3) is 0 Å². The monoisotopic (exact) mass is 271 g/mol. The van der Waals surface area contributed by atoms with Gasteiger partial charge in [-0.25, -0.2) is 9.59 Å². The number of urea groups is 1. The number of nitrogens with one attached hydrogen (secondary N) is 1. The Bertz CT molecular complexity index is 353. The lowest BCUT2D eigenvalue weighted by Gasteiger charge is -2.32. The Kier molecular flexibility index (Phi) is 5.59. The second-order valence-corrected chi connectivity index (χ2v) is 4.91. The molecule has 0 aromatic heterocycles. The van der Waals surface area contributed by atoms with Crippen LogP contribution in [0.15, 0.2) is 0 Å². The normalized spacial score (nSPS) is 17.5. The van der Waals surface area contributed by atoms with E-state index in [1.807, 2.05) is 0 Å². The maximum Gasteiger partial charge on any atom is 0.326 e. The summed E-state index contributed by atoms with van der Waals surface area (Å²) in [6, 6.07) is -1.60. The Balaban J connectivity index is 2.55. The van der Waals surface area contributed by atoms with E-state index in [1.54, 1.807) is 7.05 Å². The molecule has 0 bridgehead atoms. The predicted octanol–water partition coefficient (Wildman–Crippen LogP) is 0.289. The van der Waals surface area contributed by atoms with Gasteiger partial charge in [-0.2, -0.15) is 0 Å². The molecular weight excluding hydrogens is 250 g/mol. The maximum absolute atomic E-state index is 11.9. The number of carboxylic acids is 1. The van der Waals surface area contributed by atoms with Gasteiger partial charge in [-0.1, -0.05) is 19.3 Å². The molecule has 1 aliphatic carbocycles. The van der Waals surface area contributed by atoms with Crippen LogP contribution in [0.1, 0.15) is 38.5 Å². The number of primary amides is 1. The molecule has 108 valence electrons. The van der Waals surface area contributed by atoms with Crippen molar-refractivity contribution in [3.05, 3.63) is 0 Å². The third kappa shape index (κ3) is 4.76.